The molecule has 8 nitrogen and oxygen atoms in total. The smallest absolute Gasteiger partial charge is 0.275 e. The van der Waals surface area contributed by atoms with Crippen LogP contribution in [0.4, 0.5) is 0 Å². The van der Waals surface area contributed by atoms with Gasteiger partial charge in [0.15, 0.2) is 5.69 Å². The minimum atomic E-state index is -4.00. The number of carbonyl (C=O) groups excluding carboxylic acids is 1. The highest BCUT2D eigenvalue weighted by molar-refractivity contribution is 7.89. The number of aromatic amines is 1. The van der Waals surface area contributed by atoms with Crippen LogP contribution in [0, 0.1) is 0 Å². The maximum absolute atomic E-state index is 12.4. The van der Waals surface area contributed by atoms with Crippen LogP contribution in [-0.4, -0.2) is 55.7 Å². The molecule has 2 heterocycles. The van der Waals surface area contributed by atoms with E-state index in [1.54, 1.807) is 0 Å². The molecule has 1 aromatic rings. The van der Waals surface area contributed by atoms with Crippen LogP contribution >= 0.6 is 0 Å². The van der Waals surface area contributed by atoms with E-state index >= 15 is 0 Å². The molecule has 0 unspecified atom stereocenters. The molecule has 0 radical (unpaired) electrons. The second-order valence-corrected chi connectivity index (χ2v) is 6.08. The number of sulfonamides is 1. The second kappa shape index (κ2) is 5.90. The number of nitrogens with one attached hydrogen (secondary N) is 1. The molecule has 1 saturated heterocycles. The van der Waals surface area contributed by atoms with Crippen molar-refractivity contribution in [3.8, 4) is 0 Å². The molecule has 0 aliphatic carbocycles. The predicted octanol–water partition coefficient (Wildman–Crippen LogP) is -0.518. The van der Waals surface area contributed by atoms with Crippen molar-refractivity contribution in [1.82, 2.24) is 15.1 Å². The van der Waals surface area contributed by atoms with Crippen LogP contribution in [0.3, 0.4) is 0 Å². The zero-order chi connectivity index (χ0) is 14.8. The third kappa shape index (κ3) is 3.00. The highest BCUT2D eigenvalue weighted by Gasteiger charge is 2.30. The minimum absolute atomic E-state index is 0.127. The maximum Gasteiger partial charge on any atom is 0.275 e. The normalized spacial score (nSPS) is 16.4. The Hall–Kier alpha value is -1.45. The highest BCUT2D eigenvalue weighted by atomic mass is 32.2. The Morgan fingerprint density at radius 1 is 1.45 bits per heavy atom. The number of aryl methyl sites for hydroxylation is 1. The second-order valence-electron chi connectivity index (χ2n) is 4.58. The molecule has 1 aliphatic rings. The van der Waals surface area contributed by atoms with E-state index in [2.05, 4.69) is 10.2 Å². The molecule has 1 aromatic heterocycles. The fourth-order valence-electron chi connectivity index (χ4n) is 2.15. The van der Waals surface area contributed by atoms with Gasteiger partial charge >= 0.3 is 0 Å². The van der Waals surface area contributed by atoms with Crippen LogP contribution in [0.1, 0.15) is 29.5 Å². The molecule has 20 heavy (non-hydrogen) atoms. The molecule has 112 valence electrons. The molecule has 1 amide bonds. The van der Waals surface area contributed by atoms with Crippen molar-refractivity contribution in [1.29, 1.82) is 0 Å². The van der Waals surface area contributed by atoms with Crippen molar-refractivity contribution < 1.29 is 17.9 Å². The molecular formula is C11H18N4O4S. The number of nitrogens with zero attached hydrogens (tertiary/aromatic N) is 2. The summed E-state index contributed by atoms with van der Waals surface area (Å²) < 4.78 is 28.6. The number of hydrogen-bond acceptors (Lipinski definition) is 5. The van der Waals surface area contributed by atoms with E-state index in [-0.39, 0.29) is 10.6 Å². The topological polar surface area (TPSA) is 118 Å². The van der Waals surface area contributed by atoms with E-state index < -0.39 is 15.9 Å². The minimum Gasteiger partial charge on any atom is -0.378 e. The summed E-state index contributed by atoms with van der Waals surface area (Å²) in [7, 11) is -4.00. The predicted molar refractivity (Wildman–Crippen MR) is 70.7 cm³/mol. The SMILES string of the molecule is CCCc1[nH]nc(C(=O)N2CCOCC2)c1S(N)(=O)=O. The maximum atomic E-state index is 12.4. The molecule has 1 fully saturated rings. The summed E-state index contributed by atoms with van der Waals surface area (Å²) in [6, 6.07) is 0. The summed E-state index contributed by atoms with van der Waals surface area (Å²) in [5.41, 5.74) is 0.254. The zero-order valence-electron chi connectivity index (χ0n) is 11.3. The first-order valence-corrected chi connectivity index (χ1v) is 7.96. The van der Waals surface area contributed by atoms with Crippen molar-refractivity contribution in [3.05, 3.63) is 11.4 Å². The van der Waals surface area contributed by atoms with Gasteiger partial charge in [0.1, 0.15) is 4.90 Å². The van der Waals surface area contributed by atoms with Gasteiger partial charge < -0.3 is 9.64 Å². The van der Waals surface area contributed by atoms with E-state index in [1.165, 1.54) is 4.90 Å². The number of nitrogens with two attached hydrogens (primary N) is 1. The van der Waals surface area contributed by atoms with Gasteiger partial charge in [-0.3, -0.25) is 9.89 Å². The number of hydrogen-bond donors (Lipinski definition) is 2. The van der Waals surface area contributed by atoms with Crippen molar-refractivity contribution in [3.63, 3.8) is 0 Å². The number of amides is 1. The quantitative estimate of drug-likeness (QED) is 0.776. The average molecular weight is 302 g/mol. The van der Waals surface area contributed by atoms with Crippen LogP contribution in [0.5, 0.6) is 0 Å². The lowest BCUT2D eigenvalue weighted by molar-refractivity contribution is 0.0296. The van der Waals surface area contributed by atoms with E-state index in [0.717, 1.165) is 6.42 Å². The molecule has 1 aliphatic heterocycles. The van der Waals surface area contributed by atoms with Crippen molar-refractivity contribution in [2.45, 2.75) is 24.7 Å². The third-order valence-electron chi connectivity index (χ3n) is 3.08. The molecule has 0 bridgehead atoms. The van der Waals surface area contributed by atoms with Gasteiger partial charge in [-0.05, 0) is 6.42 Å². The van der Waals surface area contributed by atoms with Gasteiger partial charge in [-0.2, -0.15) is 5.10 Å². The van der Waals surface area contributed by atoms with Crippen LogP contribution in [-0.2, 0) is 21.2 Å². The number of carbonyl (C=O) groups is 1. The summed E-state index contributed by atoms with van der Waals surface area (Å²) in [5, 5.41) is 11.7. The Morgan fingerprint density at radius 2 is 2.10 bits per heavy atom. The van der Waals surface area contributed by atoms with E-state index in [0.29, 0.717) is 38.4 Å². The molecule has 3 N–H and O–H groups in total. The fourth-order valence-corrected chi connectivity index (χ4v) is 3.05. The Bertz CT molecular complexity index is 590. The first-order chi connectivity index (χ1) is 9.45. The number of rotatable bonds is 4. The zero-order valence-corrected chi connectivity index (χ0v) is 12.1. The lowest BCUT2D eigenvalue weighted by Crippen LogP contribution is -2.41. The van der Waals surface area contributed by atoms with E-state index in [4.69, 9.17) is 9.88 Å². The van der Waals surface area contributed by atoms with Gasteiger partial charge in [0.2, 0.25) is 10.0 Å². The number of H-pyrrole nitrogens is 1. The van der Waals surface area contributed by atoms with Crippen molar-refractivity contribution in [2.75, 3.05) is 26.3 Å². The summed E-state index contributed by atoms with van der Waals surface area (Å²) in [4.78, 5) is 13.7. The largest absolute Gasteiger partial charge is 0.378 e. The molecule has 2 rings (SSSR count). The molecule has 0 saturated carbocycles. The van der Waals surface area contributed by atoms with Gasteiger partial charge in [-0.25, -0.2) is 13.6 Å². The lowest BCUT2D eigenvalue weighted by Gasteiger charge is -2.26. The number of aromatic nitrogens is 2. The van der Waals surface area contributed by atoms with E-state index in [9.17, 15) is 13.2 Å². The Labute approximate surface area is 117 Å². The summed E-state index contributed by atoms with van der Waals surface area (Å²) >= 11 is 0. The molecule has 9 heteroatoms. The van der Waals surface area contributed by atoms with Crippen LogP contribution in [0.15, 0.2) is 4.90 Å². The number of morpholine rings is 1. The lowest BCUT2D eigenvalue weighted by atomic mass is 10.2. The first kappa shape index (κ1) is 14.9. The summed E-state index contributed by atoms with van der Waals surface area (Å²) in [6.07, 6.45) is 1.19. The van der Waals surface area contributed by atoms with Crippen LogP contribution < -0.4 is 5.14 Å². The highest BCUT2D eigenvalue weighted by Crippen LogP contribution is 2.20. The summed E-state index contributed by atoms with van der Waals surface area (Å²) in [5.74, 6) is -0.434. The van der Waals surface area contributed by atoms with Gasteiger partial charge in [0.05, 0.1) is 18.9 Å². The first-order valence-electron chi connectivity index (χ1n) is 6.42. The molecule has 0 atom stereocenters. The standard InChI is InChI=1S/C11H18N4O4S/c1-2-3-8-10(20(12,17)18)9(14-13-8)11(16)15-4-6-19-7-5-15/h2-7H2,1H3,(H,13,14)(H2,12,17,18). The van der Waals surface area contributed by atoms with Gasteiger partial charge in [0.25, 0.3) is 5.91 Å². The number of ether oxygens (including phenoxy) is 1. The van der Waals surface area contributed by atoms with Gasteiger partial charge in [0, 0.05) is 13.1 Å². The Kier molecular flexibility index (Phi) is 4.41. The fraction of sp³-hybridized carbons (Fsp3) is 0.636. The van der Waals surface area contributed by atoms with Crippen molar-refractivity contribution in [2.24, 2.45) is 5.14 Å². The van der Waals surface area contributed by atoms with E-state index in [1.807, 2.05) is 6.92 Å². The Balaban J connectivity index is 2.38. The molecule has 0 aromatic carbocycles. The van der Waals surface area contributed by atoms with Crippen LogP contribution in [0.25, 0.3) is 0 Å². The monoisotopic (exact) mass is 302 g/mol. The van der Waals surface area contributed by atoms with Gasteiger partial charge in [-0.15, -0.1) is 0 Å². The van der Waals surface area contributed by atoms with Crippen molar-refractivity contribution >= 4 is 15.9 Å². The third-order valence-corrected chi connectivity index (χ3v) is 4.09. The Morgan fingerprint density at radius 3 is 2.65 bits per heavy atom. The number of primary sulfonamides is 1. The molecule has 0 spiro atoms. The summed E-state index contributed by atoms with van der Waals surface area (Å²) in [6.45, 7) is 3.60. The van der Waals surface area contributed by atoms with Gasteiger partial charge in [-0.1, -0.05) is 13.3 Å². The molecular weight excluding hydrogens is 284 g/mol. The average Bonchev–Trinajstić information content (AvgIpc) is 2.83. The van der Waals surface area contributed by atoms with Crippen LogP contribution in [0.2, 0.25) is 0 Å².